The van der Waals surface area contributed by atoms with E-state index in [4.69, 9.17) is 14.0 Å². The maximum Gasteiger partial charge on any atom is 0.494 e. The first-order valence-corrected chi connectivity index (χ1v) is 8.17. The number of rotatable bonds is 1. The predicted octanol–water partition coefficient (Wildman–Crippen LogP) is 3.36. The Morgan fingerprint density at radius 3 is 2.48 bits per heavy atom. The molecule has 2 unspecified atom stereocenters. The Morgan fingerprint density at radius 2 is 1.78 bits per heavy atom. The summed E-state index contributed by atoms with van der Waals surface area (Å²) >= 11 is 0. The molecule has 0 bridgehead atoms. The molecule has 1 aliphatic carbocycles. The van der Waals surface area contributed by atoms with Crippen molar-refractivity contribution in [3.63, 3.8) is 0 Å². The van der Waals surface area contributed by atoms with E-state index in [0.29, 0.717) is 0 Å². The minimum atomic E-state index is -0.382. The average Bonchev–Trinajstić information content (AvgIpc) is 2.92. The molecule has 4 rings (SSSR count). The average molecular weight is 311 g/mol. The summed E-state index contributed by atoms with van der Waals surface area (Å²) < 4.78 is 18.6. The SMILES string of the molecule is Cc1ccc2c(n1)OC1C(B3OC(C)(C)C(C)(C)O3)=CC=CC21. The van der Waals surface area contributed by atoms with Gasteiger partial charge in [-0.3, -0.25) is 0 Å². The van der Waals surface area contributed by atoms with E-state index in [2.05, 4.69) is 57.0 Å². The molecule has 0 saturated carbocycles. The van der Waals surface area contributed by atoms with Gasteiger partial charge in [-0.05, 0) is 40.7 Å². The van der Waals surface area contributed by atoms with Crippen LogP contribution >= 0.6 is 0 Å². The number of aryl methyl sites for hydroxylation is 1. The lowest BCUT2D eigenvalue weighted by molar-refractivity contribution is 0.00578. The second-order valence-electron chi connectivity index (χ2n) is 7.55. The Bertz CT molecular complexity index is 707. The molecule has 0 amide bonds. The van der Waals surface area contributed by atoms with Gasteiger partial charge in [-0.25, -0.2) is 4.98 Å². The van der Waals surface area contributed by atoms with Gasteiger partial charge >= 0.3 is 7.12 Å². The van der Waals surface area contributed by atoms with Crippen LogP contribution in [0.4, 0.5) is 0 Å². The molecule has 2 aliphatic heterocycles. The minimum Gasteiger partial charge on any atom is -0.469 e. The topological polar surface area (TPSA) is 40.6 Å². The van der Waals surface area contributed by atoms with Crippen molar-refractivity contribution in [3.8, 4) is 5.88 Å². The molecule has 120 valence electrons. The normalized spacial score (nSPS) is 29.8. The molecule has 0 N–H and O–H groups in total. The molecular weight excluding hydrogens is 289 g/mol. The van der Waals surface area contributed by atoms with Crippen LogP contribution in [0.25, 0.3) is 0 Å². The van der Waals surface area contributed by atoms with E-state index in [9.17, 15) is 0 Å². The van der Waals surface area contributed by atoms with E-state index in [1.54, 1.807) is 0 Å². The standard InChI is InChI=1S/C18H22BNO3/c1-11-9-10-13-12-7-6-8-14(15(12)21-16(13)20-11)19-22-17(2,3)18(4,5)23-19/h6-10,12,15H,1-5H3. The molecule has 1 fully saturated rings. The lowest BCUT2D eigenvalue weighted by Crippen LogP contribution is -2.41. The van der Waals surface area contributed by atoms with Crippen LogP contribution in [-0.2, 0) is 9.31 Å². The molecule has 0 spiro atoms. The van der Waals surface area contributed by atoms with Crippen molar-refractivity contribution in [1.82, 2.24) is 4.98 Å². The lowest BCUT2D eigenvalue weighted by atomic mass is 9.69. The summed E-state index contributed by atoms with van der Waals surface area (Å²) in [6.45, 7) is 10.3. The van der Waals surface area contributed by atoms with Crippen LogP contribution in [0.3, 0.4) is 0 Å². The fourth-order valence-corrected chi connectivity index (χ4v) is 3.30. The van der Waals surface area contributed by atoms with Crippen LogP contribution < -0.4 is 4.74 Å². The van der Waals surface area contributed by atoms with Crippen LogP contribution in [0.5, 0.6) is 5.88 Å². The maximum atomic E-state index is 6.21. The Balaban J connectivity index is 1.66. The van der Waals surface area contributed by atoms with Crippen LogP contribution in [0, 0.1) is 6.92 Å². The number of pyridine rings is 1. The van der Waals surface area contributed by atoms with Crippen molar-refractivity contribution in [2.24, 2.45) is 0 Å². The number of hydrogen-bond acceptors (Lipinski definition) is 4. The first kappa shape index (κ1) is 15.0. The number of fused-ring (bicyclic) bond motifs is 3. The van der Waals surface area contributed by atoms with Gasteiger partial charge in [0, 0.05) is 22.6 Å². The summed E-state index contributed by atoms with van der Waals surface area (Å²) in [7, 11) is -0.382. The van der Waals surface area contributed by atoms with Gasteiger partial charge in [-0.15, -0.1) is 0 Å². The molecule has 3 aliphatic rings. The minimum absolute atomic E-state index is 0.0981. The summed E-state index contributed by atoms with van der Waals surface area (Å²) in [5.41, 5.74) is 2.43. The van der Waals surface area contributed by atoms with E-state index < -0.39 is 0 Å². The zero-order chi connectivity index (χ0) is 16.4. The fourth-order valence-electron chi connectivity index (χ4n) is 3.30. The Hall–Kier alpha value is -1.59. The summed E-state index contributed by atoms with van der Waals surface area (Å²) in [5.74, 6) is 0.908. The molecule has 5 heteroatoms. The van der Waals surface area contributed by atoms with E-state index in [1.807, 2.05) is 13.0 Å². The molecule has 2 atom stereocenters. The molecule has 1 aromatic rings. The van der Waals surface area contributed by atoms with Crippen LogP contribution in [0.2, 0.25) is 0 Å². The zero-order valence-electron chi connectivity index (χ0n) is 14.3. The summed E-state index contributed by atoms with van der Waals surface area (Å²) in [6.07, 6.45) is 6.20. The Morgan fingerprint density at radius 1 is 1.09 bits per heavy atom. The summed E-state index contributed by atoms with van der Waals surface area (Å²) in [5, 5.41) is 0. The van der Waals surface area contributed by atoms with Gasteiger partial charge in [-0.2, -0.15) is 0 Å². The number of aromatic nitrogens is 1. The van der Waals surface area contributed by atoms with Gasteiger partial charge in [0.2, 0.25) is 5.88 Å². The van der Waals surface area contributed by atoms with Crippen molar-refractivity contribution >= 4 is 7.12 Å². The highest BCUT2D eigenvalue weighted by molar-refractivity contribution is 6.55. The third-order valence-electron chi connectivity index (χ3n) is 5.41. The van der Waals surface area contributed by atoms with Crippen molar-refractivity contribution < 1.29 is 14.0 Å². The van der Waals surface area contributed by atoms with E-state index >= 15 is 0 Å². The highest BCUT2D eigenvalue weighted by Crippen LogP contribution is 2.46. The van der Waals surface area contributed by atoms with E-state index in [1.165, 1.54) is 0 Å². The molecule has 1 aromatic heterocycles. The molecular formula is C18H22BNO3. The van der Waals surface area contributed by atoms with E-state index in [-0.39, 0.29) is 30.3 Å². The van der Waals surface area contributed by atoms with Gasteiger partial charge < -0.3 is 14.0 Å². The molecule has 3 heterocycles. The number of allylic oxidation sites excluding steroid dienone is 2. The molecule has 23 heavy (non-hydrogen) atoms. The quantitative estimate of drug-likeness (QED) is 0.746. The molecule has 0 radical (unpaired) electrons. The summed E-state index contributed by atoms with van der Waals surface area (Å²) in [4.78, 5) is 4.53. The van der Waals surface area contributed by atoms with Crippen molar-refractivity contribution in [3.05, 3.63) is 47.1 Å². The second kappa shape index (κ2) is 4.71. The molecule has 1 saturated heterocycles. The molecule has 0 aromatic carbocycles. The number of nitrogens with zero attached hydrogens (tertiary/aromatic N) is 1. The van der Waals surface area contributed by atoms with Gasteiger partial charge in [0.15, 0.2) is 0 Å². The highest BCUT2D eigenvalue weighted by Gasteiger charge is 2.55. The summed E-state index contributed by atoms with van der Waals surface area (Å²) in [6, 6.07) is 4.14. The number of ether oxygens (including phenoxy) is 1. The van der Waals surface area contributed by atoms with Crippen molar-refractivity contribution in [2.45, 2.75) is 57.8 Å². The second-order valence-corrected chi connectivity index (χ2v) is 7.55. The van der Waals surface area contributed by atoms with Crippen molar-refractivity contribution in [1.29, 1.82) is 0 Å². The highest BCUT2D eigenvalue weighted by atomic mass is 16.7. The van der Waals surface area contributed by atoms with Gasteiger partial charge in [0.05, 0.1) is 11.2 Å². The predicted molar refractivity (Wildman–Crippen MR) is 89.4 cm³/mol. The molecule has 4 nitrogen and oxygen atoms in total. The van der Waals surface area contributed by atoms with Gasteiger partial charge in [0.25, 0.3) is 0 Å². The van der Waals surface area contributed by atoms with Gasteiger partial charge in [0.1, 0.15) is 6.10 Å². The first-order chi connectivity index (χ1) is 10.8. The van der Waals surface area contributed by atoms with Crippen LogP contribution in [0.15, 0.2) is 35.8 Å². The Kier molecular flexibility index (Phi) is 3.07. The third-order valence-corrected chi connectivity index (χ3v) is 5.41. The van der Waals surface area contributed by atoms with Crippen LogP contribution in [0.1, 0.15) is 44.9 Å². The van der Waals surface area contributed by atoms with Crippen LogP contribution in [-0.4, -0.2) is 29.4 Å². The fraction of sp³-hybridized carbons (Fsp3) is 0.500. The maximum absolute atomic E-state index is 6.21. The largest absolute Gasteiger partial charge is 0.494 e. The first-order valence-electron chi connectivity index (χ1n) is 8.17. The Labute approximate surface area is 137 Å². The van der Waals surface area contributed by atoms with Crippen molar-refractivity contribution in [2.75, 3.05) is 0 Å². The number of hydrogen-bond donors (Lipinski definition) is 0. The third kappa shape index (κ3) is 2.18. The smallest absolute Gasteiger partial charge is 0.469 e. The zero-order valence-corrected chi connectivity index (χ0v) is 14.3. The lowest BCUT2D eigenvalue weighted by Gasteiger charge is -2.32. The van der Waals surface area contributed by atoms with E-state index in [0.717, 1.165) is 22.6 Å². The van der Waals surface area contributed by atoms with Gasteiger partial charge in [-0.1, -0.05) is 24.3 Å². The monoisotopic (exact) mass is 311 g/mol.